The van der Waals surface area contributed by atoms with Crippen molar-refractivity contribution in [2.24, 2.45) is 0 Å². The Hall–Kier alpha value is -1.41. The van der Waals surface area contributed by atoms with Gasteiger partial charge in [0.1, 0.15) is 22.3 Å². The molecule has 2 aromatic heterocycles. The highest BCUT2D eigenvalue weighted by Crippen LogP contribution is 2.30. The van der Waals surface area contributed by atoms with E-state index in [0.29, 0.717) is 6.04 Å². The third-order valence-electron chi connectivity index (χ3n) is 3.13. The summed E-state index contributed by atoms with van der Waals surface area (Å²) in [7, 11) is 1.67. The number of pyridine rings is 1. The van der Waals surface area contributed by atoms with Crippen molar-refractivity contribution in [2.75, 3.05) is 12.4 Å². The maximum absolute atomic E-state index is 5.29. The molecular weight excluding hydrogens is 409 g/mol. The highest BCUT2D eigenvalue weighted by molar-refractivity contribution is 14.1. The predicted octanol–water partition coefficient (Wildman–Crippen LogP) is 4.79. The Balaban J connectivity index is 2.05. The molecule has 4 nitrogen and oxygen atoms in total. The molecule has 0 atom stereocenters. The molecule has 0 aliphatic heterocycles. The van der Waals surface area contributed by atoms with Crippen LogP contribution in [0.3, 0.4) is 0 Å². The van der Waals surface area contributed by atoms with Crippen LogP contribution in [0.4, 0.5) is 5.82 Å². The lowest BCUT2D eigenvalue weighted by atomic mass is 10.2. The molecule has 114 valence electrons. The number of hydrogen-bond donors (Lipinski definition) is 1. The van der Waals surface area contributed by atoms with E-state index in [1.165, 1.54) is 0 Å². The van der Waals surface area contributed by atoms with Crippen molar-refractivity contribution in [3.8, 4) is 16.5 Å². The largest absolute Gasteiger partial charge is 0.497 e. The number of hydrogen-bond acceptors (Lipinski definition) is 5. The average molecular weight is 425 g/mol. The molecule has 3 aromatic rings. The number of aromatic nitrogens is 2. The van der Waals surface area contributed by atoms with Gasteiger partial charge in [-0.2, -0.15) is 0 Å². The number of halogens is 1. The quantitative estimate of drug-likeness (QED) is 0.611. The Morgan fingerprint density at radius 2 is 2.05 bits per heavy atom. The zero-order valence-corrected chi connectivity index (χ0v) is 15.5. The van der Waals surface area contributed by atoms with Gasteiger partial charge in [-0.1, -0.05) is 0 Å². The van der Waals surface area contributed by atoms with Crippen LogP contribution < -0.4 is 10.1 Å². The van der Waals surface area contributed by atoms with E-state index >= 15 is 0 Å². The smallest absolute Gasteiger partial charge is 0.144 e. The van der Waals surface area contributed by atoms with E-state index < -0.39 is 0 Å². The molecule has 0 aliphatic rings. The molecule has 1 aromatic carbocycles. The van der Waals surface area contributed by atoms with Crippen molar-refractivity contribution in [1.82, 2.24) is 9.97 Å². The van der Waals surface area contributed by atoms with Gasteiger partial charge in [-0.05, 0) is 54.6 Å². The molecule has 0 unspecified atom stereocenters. The van der Waals surface area contributed by atoms with Crippen LogP contribution in [0.25, 0.3) is 21.6 Å². The van der Waals surface area contributed by atoms with Crippen molar-refractivity contribution in [3.05, 3.63) is 33.2 Å². The van der Waals surface area contributed by atoms with Crippen molar-refractivity contribution >= 4 is 50.6 Å². The van der Waals surface area contributed by atoms with Gasteiger partial charge in [0.2, 0.25) is 0 Å². The van der Waals surface area contributed by atoms with Crippen LogP contribution in [0.2, 0.25) is 0 Å². The molecule has 22 heavy (non-hydrogen) atoms. The summed E-state index contributed by atoms with van der Waals surface area (Å²) in [6, 6.07) is 8.40. The molecule has 0 fully saturated rings. The highest BCUT2D eigenvalue weighted by Gasteiger charge is 2.11. The summed E-state index contributed by atoms with van der Waals surface area (Å²) in [6.07, 6.45) is 0. The SMILES string of the molecule is COc1ccc2c(I)cc(-c3nc(NC(C)C)cs3)nc2c1. The summed E-state index contributed by atoms with van der Waals surface area (Å²) >= 11 is 3.94. The normalized spacial score (nSPS) is 11.1. The molecule has 0 saturated carbocycles. The number of ether oxygens (including phenoxy) is 1. The number of rotatable bonds is 4. The summed E-state index contributed by atoms with van der Waals surface area (Å²) in [6.45, 7) is 4.20. The second-order valence-corrected chi connectivity index (χ2v) is 7.23. The molecular formula is C16H16IN3OS. The summed E-state index contributed by atoms with van der Waals surface area (Å²) < 4.78 is 6.45. The van der Waals surface area contributed by atoms with Crippen LogP contribution in [-0.4, -0.2) is 23.1 Å². The first kappa shape index (κ1) is 15.5. The molecule has 3 rings (SSSR count). The first-order valence-corrected chi connectivity index (χ1v) is 8.89. The molecule has 0 spiro atoms. The summed E-state index contributed by atoms with van der Waals surface area (Å²) in [5, 5.41) is 7.39. The standard InChI is InChI=1S/C16H16IN3OS/c1-9(2)18-15-8-22-16(20-15)14-7-12(17)11-5-4-10(21-3)6-13(11)19-14/h4-9,18H,1-3H3. The fourth-order valence-corrected chi connectivity index (χ4v) is 3.63. The van der Waals surface area contributed by atoms with E-state index in [1.54, 1.807) is 18.4 Å². The van der Waals surface area contributed by atoms with Gasteiger partial charge < -0.3 is 10.1 Å². The fourth-order valence-electron chi connectivity index (χ4n) is 2.16. The number of anilines is 1. The van der Waals surface area contributed by atoms with Gasteiger partial charge in [-0.3, -0.25) is 0 Å². The van der Waals surface area contributed by atoms with Gasteiger partial charge in [0.05, 0.1) is 12.6 Å². The molecule has 0 bridgehead atoms. The Bertz CT molecular complexity index is 816. The Labute approximate surface area is 147 Å². The molecule has 0 aliphatic carbocycles. The van der Waals surface area contributed by atoms with Crippen LogP contribution in [-0.2, 0) is 0 Å². The van der Waals surface area contributed by atoms with Crippen LogP contribution in [0.5, 0.6) is 5.75 Å². The highest BCUT2D eigenvalue weighted by atomic mass is 127. The second kappa shape index (κ2) is 6.37. The molecule has 2 heterocycles. The molecule has 1 N–H and O–H groups in total. The van der Waals surface area contributed by atoms with Crippen LogP contribution in [0, 0.1) is 3.57 Å². The lowest BCUT2D eigenvalue weighted by Gasteiger charge is -2.06. The van der Waals surface area contributed by atoms with Crippen molar-refractivity contribution < 1.29 is 4.74 Å². The number of nitrogens with zero attached hydrogens (tertiary/aromatic N) is 2. The number of methoxy groups -OCH3 is 1. The summed E-state index contributed by atoms with van der Waals surface area (Å²) in [5.41, 5.74) is 1.82. The Morgan fingerprint density at radius 1 is 1.23 bits per heavy atom. The number of fused-ring (bicyclic) bond motifs is 1. The van der Waals surface area contributed by atoms with Crippen molar-refractivity contribution in [3.63, 3.8) is 0 Å². The van der Waals surface area contributed by atoms with Crippen molar-refractivity contribution in [1.29, 1.82) is 0 Å². The minimum Gasteiger partial charge on any atom is -0.497 e. The lowest BCUT2D eigenvalue weighted by molar-refractivity contribution is 0.415. The third kappa shape index (κ3) is 3.17. The lowest BCUT2D eigenvalue weighted by Crippen LogP contribution is -2.09. The predicted molar refractivity (Wildman–Crippen MR) is 101 cm³/mol. The Morgan fingerprint density at radius 3 is 2.77 bits per heavy atom. The van der Waals surface area contributed by atoms with Gasteiger partial charge >= 0.3 is 0 Å². The van der Waals surface area contributed by atoms with E-state index in [1.807, 2.05) is 23.6 Å². The number of nitrogens with one attached hydrogen (secondary N) is 1. The van der Waals surface area contributed by atoms with E-state index in [2.05, 4.69) is 52.8 Å². The Kier molecular flexibility index (Phi) is 4.49. The van der Waals surface area contributed by atoms with E-state index in [-0.39, 0.29) is 0 Å². The minimum atomic E-state index is 0.365. The van der Waals surface area contributed by atoms with E-state index in [9.17, 15) is 0 Å². The van der Waals surface area contributed by atoms with Gasteiger partial charge in [0.25, 0.3) is 0 Å². The van der Waals surface area contributed by atoms with Crippen LogP contribution in [0.1, 0.15) is 13.8 Å². The summed E-state index contributed by atoms with van der Waals surface area (Å²) in [5.74, 6) is 1.71. The number of thiazole rings is 1. The van der Waals surface area contributed by atoms with Gasteiger partial charge in [0.15, 0.2) is 0 Å². The summed E-state index contributed by atoms with van der Waals surface area (Å²) in [4.78, 5) is 9.36. The monoisotopic (exact) mass is 425 g/mol. The maximum Gasteiger partial charge on any atom is 0.144 e. The van der Waals surface area contributed by atoms with E-state index in [0.717, 1.165) is 36.7 Å². The van der Waals surface area contributed by atoms with Gasteiger partial charge in [-0.25, -0.2) is 9.97 Å². The number of benzene rings is 1. The molecule has 0 saturated heterocycles. The third-order valence-corrected chi connectivity index (χ3v) is 4.88. The van der Waals surface area contributed by atoms with Gasteiger partial charge in [-0.15, -0.1) is 11.3 Å². The molecule has 6 heteroatoms. The zero-order chi connectivity index (χ0) is 15.7. The molecule has 0 amide bonds. The first-order valence-electron chi connectivity index (χ1n) is 6.93. The van der Waals surface area contributed by atoms with Crippen molar-refractivity contribution in [2.45, 2.75) is 19.9 Å². The van der Waals surface area contributed by atoms with Crippen LogP contribution >= 0.6 is 33.9 Å². The maximum atomic E-state index is 5.29. The fraction of sp³-hybridized carbons (Fsp3) is 0.250. The average Bonchev–Trinajstić information content (AvgIpc) is 2.94. The van der Waals surface area contributed by atoms with Gasteiger partial charge in [0, 0.05) is 26.4 Å². The topological polar surface area (TPSA) is 47.0 Å². The second-order valence-electron chi connectivity index (χ2n) is 5.21. The minimum absolute atomic E-state index is 0.365. The first-order chi connectivity index (χ1) is 10.6. The molecule has 0 radical (unpaired) electrons. The zero-order valence-electron chi connectivity index (χ0n) is 12.6. The van der Waals surface area contributed by atoms with Crippen LogP contribution in [0.15, 0.2) is 29.6 Å². The van der Waals surface area contributed by atoms with E-state index in [4.69, 9.17) is 9.72 Å².